The van der Waals surface area contributed by atoms with Gasteiger partial charge in [-0.15, -0.1) is 0 Å². The summed E-state index contributed by atoms with van der Waals surface area (Å²) in [5.74, 6) is 0. The Balaban J connectivity index is 2.82. The Morgan fingerprint density at radius 3 is 2.64 bits per heavy atom. The molecule has 126 valence electrons. The highest BCUT2D eigenvalue weighted by Gasteiger charge is 2.43. The van der Waals surface area contributed by atoms with E-state index in [1.54, 1.807) is 4.90 Å². The molecule has 0 unspecified atom stereocenters. The quantitative estimate of drug-likeness (QED) is 0.569. The standard InChI is InChI=1S/C16H27BrN2O3/c1-16(2,3)22-15(21)19-12(7-6-10-18)11-14(20)13(19)8-4-5-9-17/h12-14,20H,4-9,11H2,1-3H3/t12-,13+,14-/m0/s1. The van der Waals surface area contributed by atoms with Crippen LogP contribution in [-0.2, 0) is 4.74 Å². The van der Waals surface area contributed by atoms with Crippen LogP contribution in [-0.4, -0.2) is 45.2 Å². The average Bonchev–Trinajstić information content (AvgIpc) is 2.71. The van der Waals surface area contributed by atoms with Crippen LogP contribution in [0.2, 0.25) is 0 Å². The first-order chi connectivity index (χ1) is 10.3. The second-order valence-corrected chi connectivity index (χ2v) is 7.59. The number of alkyl halides is 1. The Bertz CT molecular complexity index is 403. The Labute approximate surface area is 141 Å². The number of aliphatic hydroxyl groups excluding tert-OH is 1. The van der Waals surface area contributed by atoms with Gasteiger partial charge in [-0.3, -0.25) is 4.90 Å². The lowest BCUT2D eigenvalue weighted by Crippen LogP contribution is -2.46. The molecule has 1 aliphatic heterocycles. The van der Waals surface area contributed by atoms with Crippen molar-refractivity contribution in [1.82, 2.24) is 4.90 Å². The van der Waals surface area contributed by atoms with Gasteiger partial charge >= 0.3 is 6.09 Å². The van der Waals surface area contributed by atoms with Gasteiger partial charge in [-0.25, -0.2) is 4.79 Å². The summed E-state index contributed by atoms with van der Waals surface area (Å²) in [5.41, 5.74) is -0.565. The molecule has 0 bridgehead atoms. The Morgan fingerprint density at radius 1 is 1.41 bits per heavy atom. The predicted octanol–water partition coefficient (Wildman–Crippen LogP) is 3.59. The van der Waals surface area contributed by atoms with Crippen molar-refractivity contribution in [2.45, 2.75) is 83.1 Å². The number of halogens is 1. The van der Waals surface area contributed by atoms with E-state index < -0.39 is 11.7 Å². The second-order valence-electron chi connectivity index (χ2n) is 6.79. The monoisotopic (exact) mass is 374 g/mol. The SMILES string of the molecule is CC(C)(C)OC(=O)N1[C@@H](CCC#N)C[C@H](O)[C@H]1CCCCBr. The van der Waals surface area contributed by atoms with Crippen molar-refractivity contribution in [2.24, 2.45) is 0 Å². The number of hydrogen-bond donors (Lipinski definition) is 1. The minimum Gasteiger partial charge on any atom is -0.444 e. The maximum Gasteiger partial charge on any atom is 0.410 e. The van der Waals surface area contributed by atoms with Gasteiger partial charge in [0.25, 0.3) is 0 Å². The second kappa shape index (κ2) is 8.73. The molecule has 1 fully saturated rings. The Hall–Kier alpha value is -0.800. The van der Waals surface area contributed by atoms with Crippen molar-refractivity contribution in [3.8, 4) is 6.07 Å². The van der Waals surface area contributed by atoms with E-state index in [1.165, 1.54) is 0 Å². The summed E-state index contributed by atoms with van der Waals surface area (Å²) in [7, 11) is 0. The number of rotatable bonds is 6. The smallest absolute Gasteiger partial charge is 0.410 e. The molecule has 1 N–H and O–H groups in total. The van der Waals surface area contributed by atoms with E-state index in [-0.39, 0.29) is 18.2 Å². The van der Waals surface area contributed by atoms with Gasteiger partial charge in [0.05, 0.1) is 18.2 Å². The lowest BCUT2D eigenvalue weighted by Gasteiger charge is -2.32. The molecular weight excluding hydrogens is 348 g/mol. The maximum absolute atomic E-state index is 12.5. The average molecular weight is 375 g/mol. The molecule has 6 heteroatoms. The molecule has 5 nitrogen and oxygen atoms in total. The van der Waals surface area contributed by atoms with Crippen molar-refractivity contribution >= 4 is 22.0 Å². The number of amides is 1. The highest BCUT2D eigenvalue weighted by molar-refractivity contribution is 9.09. The molecule has 0 aromatic carbocycles. The van der Waals surface area contributed by atoms with Crippen molar-refractivity contribution in [3.05, 3.63) is 0 Å². The van der Waals surface area contributed by atoms with Crippen LogP contribution in [0.25, 0.3) is 0 Å². The molecular formula is C16H27BrN2O3. The van der Waals surface area contributed by atoms with Crippen LogP contribution >= 0.6 is 15.9 Å². The third kappa shape index (κ3) is 5.77. The van der Waals surface area contributed by atoms with E-state index in [4.69, 9.17) is 10.00 Å². The largest absolute Gasteiger partial charge is 0.444 e. The molecule has 1 aliphatic rings. The zero-order valence-electron chi connectivity index (χ0n) is 13.7. The van der Waals surface area contributed by atoms with E-state index in [0.717, 1.165) is 24.6 Å². The minimum atomic E-state index is -0.565. The lowest BCUT2D eigenvalue weighted by molar-refractivity contribution is 0.00680. The van der Waals surface area contributed by atoms with Crippen LogP contribution in [0.4, 0.5) is 4.79 Å². The summed E-state index contributed by atoms with van der Waals surface area (Å²) in [6, 6.07) is 1.79. The summed E-state index contributed by atoms with van der Waals surface area (Å²) >= 11 is 3.40. The molecule has 0 aromatic heterocycles. The number of carbonyl (C=O) groups is 1. The molecule has 1 heterocycles. The number of likely N-dealkylation sites (tertiary alicyclic amines) is 1. The van der Waals surface area contributed by atoms with Crippen LogP contribution < -0.4 is 0 Å². The van der Waals surface area contributed by atoms with E-state index in [9.17, 15) is 9.90 Å². The number of unbranched alkanes of at least 4 members (excludes halogenated alkanes) is 1. The van der Waals surface area contributed by atoms with E-state index >= 15 is 0 Å². The van der Waals surface area contributed by atoms with Gasteiger partial charge in [0.1, 0.15) is 5.60 Å². The number of nitrogens with zero attached hydrogens (tertiary/aromatic N) is 2. The van der Waals surface area contributed by atoms with E-state index in [0.29, 0.717) is 19.3 Å². The minimum absolute atomic E-state index is 0.113. The first-order valence-electron chi connectivity index (χ1n) is 7.92. The van der Waals surface area contributed by atoms with Gasteiger partial charge in [-0.2, -0.15) is 5.26 Å². The Kier molecular flexibility index (Phi) is 7.64. The first-order valence-corrected chi connectivity index (χ1v) is 9.04. The molecule has 1 rings (SSSR count). The van der Waals surface area contributed by atoms with Crippen molar-refractivity contribution in [2.75, 3.05) is 5.33 Å². The summed E-state index contributed by atoms with van der Waals surface area (Å²) in [5, 5.41) is 20.0. The summed E-state index contributed by atoms with van der Waals surface area (Å²) in [4.78, 5) is 14.2. The van der Waals surface area contributed by atoms with Crippen LogP contribution in [0.5, 0.6) is 0 Å². The van der Waals surface area contributed by atoms with Crippen molar-refractivity contribution in [3.63, 3.8) is 0 Å². The van der Waals surface area contributed by atoms with Gasteiger partial charge in [0, 0.05) is 17.8 Å². The number of carbonyl (C=O) groups excluding carboxylic acids is 1. The van der Waals surface area contributed by atoms with Crippen molar-refractivity contribution in [1.29, 1.82) is 5.26 Å². The molecule has 0 aromatic rings. The predicted molar refractivity (Wildman–Crippen MR) is 88.8 cm³/mol. The first kappa shape index (κ1) is 19.2. The van der Waals surface area contributed by atoms with Crippen LogP contribution in [0.15, 0.2) is 0 Å². The number of ether oxygens (including phenoxy) is 1. The zero-order chi connectivity index (χ0) is 16.8. The van der Waals surface area contributed by atoms with E-state index in [2.05, 4.69) is 22.0 Å². The fourth-order valence-corrected chi connectivity index (χ4v) is 3.27. The third-order valence-corrected chi connectivity index (χ3v) is 4.35. The fraction of sp³-hybridized carbons (Fsp3) is 0.875. The topological polar surface area (TPSA) is 73.6 Å². The summed E-state index contributed by atoms with van der Waals surface area (Å²) in [6.45, 7) is 5.50. The number of aliphatic hydroxyl groups is 1. The van der Waals surface area contributed by atoms with E-state index in [1.807, 2.05) is 20.8 Å². The van der Waals surface area contributed by atoms with Crippen molar-refractivity contribution < 1.29 is 14.6 Å². The summed E-state index contributed by atoms with van der Waals surface area (Å²) in [6.07, 6.45) is 3.29. The molecule has 0 spiro atoms. The molecule has 3 atom stereocenters. The van der Waals surface area contributed by atoms with Gasteiger partial charge < -0.3 is 9.84 Å². The molecule has 0 radical (unpaired) electrons. The molecule has 1 amide bonds. The molecule has 22 heavy (non-hydrogen) atoms. The fourth-order valence-electron chi connectivity index (χ4n) is 2.87. The maximum atomic E-state index is 12.5. The van der Waals surface area contributed by atoms with Gasteiger partial charge in [0.2, 0.25) is 0 Å². The van der Waals surface area contributed by atoms with Crippen LogP contribution in [0.1, 0.15) is 59.3 Å². The highest BCUT2D eigenvalue weighted by atomic mass is 79.9. The zero-order valence-corrected chi connectivity index (χ0v) is 15.3. The Morgan fingerprint density at radius 2 is 2.09 bits per heavy atom. The highest BCUT2D eigenvalue weighted by Crippen LogP contribution is 2.32. The van der Waals surface area contributed by atoms with Crippen LogP contribution in [0, 0.1) is 11.3 Å². The summed E-state index contributed by atoms with van der Waals surface area (Å²) < 4.78 is 5.50. The molecule has 1 saturated heterocycles. The third-order valence-electron chi connectivity index (χ3n) is 3.79. The normalized spacial score (nSPS) is 25.1. The number of hydrogen-bond acceptors (Lipinski definition) is 4. The van der Waals surface area contributed by atoms with Crippen LogP contribution in [0.3, 0.4) is 0 Å². The molecule has 0 saturated carbocycles. The molecule has 0 aliphatic carbocycles. The lowest BCUT2D eigenvalue weighted by atomic mass is 10.0. The van der Waals surface area contributed by atoms with Gasteiger partial charge in [-0.1, -0.05) is 22.4 Å². The van der Waals surface area contributed by atoms with Gasteiger partial charge in [0.15, 0.2) is 0 Å². The number of nitriles is 1. The van der Waals surface area contributed by atoms with Gasteiger partial charge in [-0.05, 0) is 46.5 Å².